The Kier molecular flexibility index (Phi) is 7.39. The predicted molar refractivity (Wildman–Crippen MR) is 97.9 cm³/mol. The molecule has 0 spiro atoms. The third kappa shape index (κ3) is 5.58. The van der Waals surface area contributed by atoms with Gasteiger partial charge in [0.25, 0.3) is 0 Å². The molecule has 3 nitrogen and oxygen atoms in total. The van der Waals surface area contributed by atoms with E-state index in [2.05, 4.69) is 28.9 Å². The van der Waals surface area contributed by atoms with Crippen LogP contribution in [0.2, 0.25) is 0 Å². The number of nitrogens with zero attached hydrogens (tertiary/aromatic N) is 1. The fourth-order valence-corrected chi connectivity index (χ4v) is 4.45. The highest BCUT2D eigenvalue weighted by Gasteiger charge is 2.28. The minimum atomic E-state index is -0.414. The van der Waals surface area contributed by atoms with Gasteiger partial charge in [-0.2, -0.15) is 0 Å². The Labute approximate surface area is 147 Å². The molecule has 2 rings (SSSR count). The molecule has 0 N–H and O–H groups in total. The van der Waals surface area contributed by atoms with Crippen LogP contribution in [0.4, 0.5) is 4.79 Å². The maximum Gasteiger partial charge on any atom is 0.410 e. The molecule has 22 heavy (non-hydrogen) atoms. The Morgan fingerprint density at radius 3 is 2.27 bits per heavy atom. The monoisotopic (exact) mass is 389 g/mol. The lowest BCUT2D eigenvalue weighted by Crippen LogP contribution is -2.41. The molecule has 1 fully saturated rings. The molecule has 2 heterocycles. The first-order valence-corrected chi connectivity index (χ1v) is 9.61. The van der Waals surface area contributed by atoms with Crippen LogP contribution in [0.25, 0.3) is 0 Å². The Balaban J connectivity index is 0.00000116. The van der Waals surface area contributed by atoms with E-state index in [0.29, 0.717) is 5.92 Å². The number of amides is 1. The fraction of sp³-hybridized carbons (Fsp3) is 0.706. The number of rotatable bonds is 1. The normalized spacial score (nSPS) is 16.0. The Morgan fingerprint density at radius 2 is 1.86 bits per heavy atom. The van der Waals surface area contributed by atoms with Crippen LogP contribution in [0.3, 0.4) is 0 Å². The van der Waals surface area contributed by atoms with Gasteiger partial charge < -0.3 is 9.64 Å². The molecular formula is C17H28BrNO2S. The lowest BCUT2D eigenvalue weighted by atomic mass is 9.93. The van der Waals surface area contributed by atoms with Crippen LogP contribution in [0.15, 0.2) is 9.85 Å². The Morgan fingerprint density at radius 1 is 1.32 bits per heavy atom. The molecule has 0 saturated carbocycles. The van der Waals surface area contributed by atoms with Crippen molar-refractivity contribution >= 4 is 33.4 Å². The standard InChI is InChI=1S/C15H22BrNO2S.C2H6/c1-10-9-12(16)20-13(10)11-5-7-17(8-6-11)14(18)19-15(2,3)4;1-2/h9,11H,5-8H2,1-4H3;1-2H3. The summed E-state index contributed by atoms with van der Waals surface area (Å²) in [5.74, 6) is 0.574. The number of hydrogen-bond donors (Lipinski definition) is 0. The van der Waals surface area contributed by atoms with Crippen LogP contribution in [0.5, 0.6) is 0 Å². The smallest absolute Gasteiger partial charge is 0.410 e. The van der Waals surface area contributed by atoms with E-state index in [-0.39, 0.29) is 6.09 Å². The first-order valence-electron chi connectivity index (χ1n) is 8.00. The van der Waals surface area contributed by atoms with Gasteiger partial charge in [-0.05, 0) is 74.0 Å². The second-order valence-corrected chi connectivity index (χ2v) is 8.80. The van der Waals surface area contributed by atoms with E-state index in [1.807, 2.05) is 50.9 Å². The van der Waals surface area contributed by atoms with Gasteiger partial charge in [0, 0.05) is 18.0 Å². The number of piperidine rings is 1. The lowest BCUT2D eigenvalue weighted by molar-refractivity contribution is 0.0205. The second kappa shape index (κ2) is 8.34. The van der Waals surface area contributed by atoms with Gasteiger partial charge in [-0.15, -0.1) is 11.3 Å². The van der Waals surface area contributed by atoms with Gasteiger partial charge in [0.05, 0.1) is 3.79 Å². The largest absolute Gasteiger partial charge is 0.444 e. The molecule has 1 aromatic heterocycles. The zero-order valence-corrected chi connectivity index (χ0v) is 16.9. The van der Waals surface area contributed by atoms with E-state index in [9.17, 15) is 4.79 Å². The van der Waals surface area contributed by atoms with Crippen molar-refractivity contribution in [2.75, 3.05) is 13.1 Å². The Bertz CT molecular complexity index is 485. The Hall–Kier alpha value is -0.550. The molecule has 0 radical (unpaired) electrons. The zero-order chi connectivity index (χ0) is 16.9. The molecule has 1 amide bonds. The van der Waals surface area contributed by atoms with Gasteiger partial charge in [0.1, 0.15) is 5.60 Å². The quantitative estimate of drug-likeness (QED) is 0.592. The van der Waals surface area contributed by atoms with Crippen LogP contribution in [0.1, 0.15) is 63.8 Å². The van der Waals surface area contributed by atoms with E-state index in [1.165, 1.54) is 14.2 Å². The zero-order valence-electron chi connectivity index (χ0n) is 14.5. The van der Waals surface area contributed by atoms with Crippen molar-refractivity contribution in [1.82, 2.24) is 4.90 Å². The first-order chi connectivity index (χ1) is 10.3. The molecule has 1 aromatic rings. The predicted octanol–water partition coefficient (Wildman–Crippen LogP) is 5.96. The summed E-state index contributed by atoms with van der Waals surface area (Å²) in [6.07, 6.45) is 1.86. The van der Waals surface area contributed by atoms with Crippen molar-refractivity contribution in [1.29, 1.82) is 0 Å². The first kappa shape index (κ1) is 19.5. The highest BCUT2D eigenvalue weighted by molar-refractivity contribution is 9.11. The van der Waals surface area contributed by atoms with Crippen LogP contribution in [-0.4, -0.2) is 29.7 Å². The van der Waals surface area contributed by atoms with E-state index in [1.54, 1.807) is 0 Å². The maximum atomic E-state index is 12.0. The van der Waals surface area contributed by atoms with E-state index >= 15 is 0 Å². The van der Waals surface area contributed by atoms with E-state index in [0.717, 1.165) is 25.9 Å². The molecule has 1 saturated heterocycles. The molecule has 0 aliphatic carbocycles. The average molecular weight is 390 g/mol. The molecule has 126 valence electrons. The number of hydrogen-bond acceptors (Lipinski definition) is 3. The third-order valence-electron chi connectivity index (χ3n) is 3.44. The van der Waals surface area contributed by atoms with Crippen molar-refractivity contribution in [3.05, 3.63) is 20.3 Å². The molecule has 0 atom stereocenters. The summed E-state index contributed by atoms with van der Waals surface area (Å²) in [5.41, 5.74) is 0.945. The summed E-state index contributed by atoms with van der Waals surface area (Å²) in [5, 5.41) is 0. The molecule has 0 aromatic carbocycles. The van der Waals surface area contributed by atoms with Crippen LogP contribution in [-0.2, 0) is 4.74 Å². The highest BCUT2D eigenvalue weighted by Crippen LogP contribution is 2.37. The molecule has 1 aliphatic rings. The van der Waals surface area contributed by atoms with Crippen molar-refractivity contribution in [3.8, 4) is 0 Å². The summed E-state index contributed by atoms with van der Waals surface area (Å²) < 4.78 is 6.62. The van der Waals surface area contributed by atoms with Gasteiger partial charge in [0.15, 0.2) is 0 Å². The number of carbonyl (C=O) groups is 1. The SMILES string of the molecule is CC.Cc1cc(Br)sc1C1CCN(C(=O)OC(C)(C)C)CC1. The topological polar surface area (TPSA) is 29.5 Å². The number of likely N-dealkylation sites (tertiary alicyclic amines) is 1. The summed E-state index contributed by atoms with van der Waals surface area (Å²) in [4.78, 5) is 15.3. The minimum Gasteiger partial charge on any atom is -0.444 e. The molecule has 1 aliphatic heterocycles. The van der Waals surface area contributed by atoms with Crippen molar-refractivity contribution in [2.24, 2.45) is 0 Å². The van der Waals surface area contributed by atoms with Crippen molar-refractivity contribution in [3.63, 3.8) is 0 Å². The minimum absolute atomic E-state index is 0.181. The molecule has 5 heteroatoms. The average Bonchev–Trinajstić information content (AvgIpc) is 2.78. The van der Waals surface area contributed by atoms with Gasteiger partial charge in [-0.3, -0.25) is 0 Å². The molecule has 0 unspecified atom stereocenters. The molecular weight excluding hydrogens is 362 g/mol. The van der Waals surface area contributed by atoms with Crippen LogP contribution in [0, 0.1) is 6.92 Å². The van der Waals surface area contributed by atoms with Gasteiger partial charge in [-0.1, -0.05) is 13.8 Å². The lowest BCUT2D eigenvalue weighted by Gasteiger charge is -2.33. The number of aryl methyl sites for hydroxylation is 1. The van der Waals surface area contributed by atoms with Crippen molar-refractivity contribution < 1.29 is 9.53 Å². The van der Waals surface area contributed by atoms with Gasteiger partial charge in [-0.25, -0.2) is 4.79 Å². The van der Waals surface area contributed by atoms with Crippen LogP contribution >= 0.6 is 27.3 Å². The maximum absolute atomic E-state index is 12.0. The number of ether oxygens (including phenoxy) is 1. The fourth-order valence-electron chi connectivity index (χ4n) is 2.51. The summed E-state index contributed by atoms with van der Waals surface area (Å²) in [6, 6.07) is 2.18. The third-order valence-corrected chi connectivity index (χ3v) is 5.35. The van der Waals surface area contributed by atoms with Gasteiger partial charge in [0.2, 0.25) is 0 Å². The van der Waals surface area contributed by atoms with E-state index in [4.69, 9.17) is 4.74 Å². The second-order valence-electron chi connectivity index (χ2n) is 6.34. The van der Waals surface area contributed by atoms with Crippen LogP contribution < -0.4 is 0 Å². The van der Waals surface area contributed by atoms with Crippen molar-refractivity contribution in [2.45, 2.75) is 65.9 Å². The summed E-state index contributed by atoms with van der Waals surface area (Å²) in [7, 11) is 0. The van der Waals surface area contributed by atoms with E-state index < -0.39 is 5.60 Å². The number of halogens is 1. The molecule has 0 bridgehead atoms. The highest BCUT2D eigenvalue weighted by atomic mass is 79.9. The number of carbonyl (C=O) groups excluding carboxylic acids is 1. The summed E-state index contributed by atoms with van der Waals surface area (Å²) >= 11 is 5.37. The van der Waals surface area contributed by atoms with Gasteiger partial charge >= 0.3 is 6.09 Å². The number of thiophene rings is 1. The summed E-state index contributed by atoms with van der Waals surface area (Å²) in [6.45, 7) is 13.5.